The molecule has 0 aromatic rings. The number of aliphatic hydroxyl groups is 1. The molecule has 4 fully saturated rings. The summed E-state index contributed by atoms with van der Waals surface area (Å²) in [6.07, 6.45) is 17.4. The molecule has 0 aromatic heterocycles. The van der Waals surface area contributed by atoms with Crippen molar-refractivity contribution in [3.8, 4) is 0 Å². The van der Waals surface area contributed by atoms with Gasteiger partial charge >= 0.3 is 0 Å². The molecule has 0 radical (unpaired) electrons. The van der Waals surface area contributed by atoms with E-state index in [1.807, 2.05) is 0 Å². The fourth-order valence-electron chi connectivity index (χ4n) is 8.88. The van der Waals surface area contributed by atoms with Crippen molar-refractivity contribution < 1.29 is 5.11 Å². The van der Waals surface area contributed by atoms with E-state index in [1.165, 1.54) is 64.2 Å². The monoisotopic (exact) mass is 346 g/mol. The summed E-state index contributed by atoms with van der Waals surface area (Å²) in [5.41, 5.74) is 1.29. The molecule has 0 heterocycles. The zero-order chi connectivity index (χ0) is 17.7. The Bertz CT molecular complexity index is 473. The summed E-state index contributed by atoms with van der Waals surface area (Å²) in [4.78, 5) is 0. The van der Waals surface area contributed by atoms with Crippen LogP contribution in [-0.4, -0.2) is 11.7 Å². The maximum Gasteiger partial charge on any atom is 0.0431 e. The smallest absolute Gasteiger partial charge is 0.0431 e. The van der Waals surface area contributed by atoms with Gasteiger partial charge in [0.2, 0.25) is 0 Å². The summed E-state index contributed by atoms with van der Waals surface area (Å²) in [6, 6.07) is 0. The fourth-order valence-corrected chi connectivity index (χ4v) is 8.88. The molecule has 25 heavy (non-hydrogen) atoms. The zero-order valence-electron chi connectivity index (χ0n) is 17.1. The molecule has 1 nitrogen and oxygen atoms in total. The van der Waals surface area contributed by atoms with Crippen LogP contribution < -0.4 is 0 Å². The van der Waals surface area contributed by atoms with Gasteiger partial charge in [-0.05, 0) is 111 Å². The van der Waals surface area contributed by atoms with E-state index in [0.717, 1.165) is 41.9 Å². The second-order valence-electron chi connectivity index (χ2n) is 11.0. The van der Waals surface area contributed by atoms with Crippen molar-refractivity contribution in [2.45, 2.75) is 97.8 Å². The van der Waals surface area contributed by atoms with Crippen LogP contribution in [0.15, 0.2) is 0 Å². The Kier molecular flexibility index (Phi) is 5.02. The number of hydrogen-bond donors (Lipinski definition) is 1. The Morgan fingerprint density at radius 3 is 2.48 bits per heavy atom. The molecule has 0 aliphatic heterocycles. The summed E-state index contributed by atoms with van der Waals surface area (Å²) < 4.78 is 0. The molecular weight excluding hydrogens is 304 g/mol. The minimum atomic E-state index is 0.377. The highest BCUT2D eigenvalue weighted by Gasteiger charge is 2.59. The van der Waals surface area contributed by atoms with Crippen molar-refractivity contribution in [1.82, 2.24) is 0 Å². The lowest BCUT2D eigenvalue weighted by Crippen LogP contribution is -2.53. The lowest BCUT2D eigenvalue weighted by Gasteiger charge is -2.61. The van der Waals surface area contributed by atoms with Crippen molar-refractivity contribution >= 4 is 0 Å². The third-order valence-corrected chi connectivity index (χ3v) is 10.2. The van der Waals surface area contributed by atoms with Gasteiger partial charge in [-0.25, -0.2) is 0 Å². The zero-order valence-corrected chi connectivity index (χ0v) is 17.1. The van der Waals surface area contributed by atoms with Gasteiger partial charge in [0.15, 0.2) is 0 Å². The SMILES string of the molecule is C[C@@H](CCCO)[C@H]1CC[C@H]2[C@H]3CC[C@H]4CCCC[C@]4(C)[C@@H]3CC[C@]12C. The maximum absolute atomic E-state index is 9.25. The largest absolute Gasteiger partial charge is 0.396 e. The lowest BCUT2D eigenvalue weighted by molar-refractivity contribution is -0.114. The molecule has 4 aliphatic carbocycles. The van der Waals surface area contributed by atoms with E-state index in [1.54, 1.807) is 6.42 Å². The minimum absolute atomic E-state index is 0.377. The van der Waals surface area contributed by atoms with Crippen LogP contribution in [0.4, 0.5) is 0 Å². The van der Waals surface area contributed by atoms with Gasteiger partial charge in [-0.3, -0.25) is 0 Å². The van der Waals surface area contributed by atoms with Gasteiger partial charge in [0.1, 0.15) is 0 Å². The third-order valence-electron chi connectivity index (χ3n) is 10.2. The Morgan fingerprint density at radius 1 is 0.880 bits per heavy atom. The number of aliphatic hydroxyl groups excluding tert-OH is 1. The first kappa shape index (κ1) is 18.3. The molecule has 8 atom stereocenters. The van der Waals surface area contributed by atoms with E-state index in [-0.39, 0.29) is 0 Å². The van der Waals surface area contributed by atoms with Gasteiger partial charge in [0.25, 0.3) is 0 Å². The topological polar surface area (TPSA) is 20.2 Å². The summed E-state index contributed by atoms with van der Waals surface area (Å²) in [5.74, 6) is 5.85. The van der Waals surface area contributed by atoms with Crippen LogP contribution in [-0.2, 0) is 0 Å². The molecule has 1 N–H and O–H groups in total. The molecule has 0 bridgehead atoms. The molecule has 0 spiro atoms. The average molecular weight is 347 g/mol. The number of rotatable bonds is 4. The van der Waals surface area contributed by atoms with Crippen LogP contribution in [0.3, 0.4) is 0 Å². The molecule has 4 saturated carbocycles. The van der Waals surface area contributed by atoms with Gasteiger partial charge in [0, 0.05) is 6.61 Å². The molecule has 4 aliphatic rings. The average Bonchev–Trinajstić information content (AvgIpc) is 2.96. The second-order valence-corrected chi connectivity index (χ2v) is 11.0. The minimum Gasteiger partial charge on any atom is -0.396 e. The quantitative estimate of drug-likeness (QED) is 0.620. The number of fused-ring (bicyclic) bond motifs is 5. The molecule has 4 rings (SSSR count). The summed E-state index contributed by atoms with van der Waals surface area (Å²) in [7, 11) is 0. The Balaban J connectivity index is 1.53. The highest BCUT2D eigenvalue weighted by molar-refractivity contribution is 5.09. The van der Waals surface area contributed by atoms with E-state index in [2.05, 4.69) is 20.8 Å². The Labute approximate surface area is 156 Å². The van der Waals surface area contributed by atoms with Gasteiger partial charge in [0.05, 0.1) is 0 Å². The van der Waals surface area contributed by atoms with Gasteiger partial charge in [-0.15, -0.1) is 0 Å². The Hall–Kier alpha value is -0.0400. The highest BCUT2D eigenvalue weighted by Crippen LogP contribution is 2.68. The van der Waals surface area contributed by atoms with Crippen LogP contribution in [0.5, 0.6) is 0 Å². The molecular formula is C24H42O. The van der Waals surface area contributed by atoms with Crippen molar-refractivity contribution in [2.75, 3.05) is 6.61 Å². The van der Waals surface area contributed by atoms with Crippen LogP contribution in [0.1, 0.15) is 97.8 Å². The van der Waals surface area contributed by atoms with E-state index in [0.29, 0.717) is 17.4 Å². The van der Waals surface area contributed by atoms with Crippen LogP contribution >= 0.6 is 0 Å². The number of hydrogen-bond acceptors (Lipinski definition) is 1. The van der Waals surface area contributed by atoms with Gasteiger partial charge in [-0.1, -0.05) is 33.6 Å². The highest BCUT2D eigenvalue weighted by atomic mass is 16.2. The van der Waals surface area contributed by atoms with E-state index >= 15 is 0 Å². The second kappa shape index (κ2) is 6.84. The van der Waals surface area contributed by atoms with Gasteiger partial charge in [-0.2, -0.15) is 0 Å². The van der Waals surface area contributed by atoms with Gasteiger partial charge < -0.3 is 5.11 Å². The van der Waals surface area contributed by atoms with Crippen molar-refractivity contribution in [3.05, 3.63) is 0 Å². The Morgan fingerprint density at radius 2 is 1.68 bits per heavy atom. The molecule has 144 valence electrons. The standard InChI is InChI=1S/C24H42O/c1-17(7-6-16-25)20-11-12-21-19-10-9-18-8-4-5-14-23(18,2)22(19)13-15-24(20,21)3/h17-22,25H,4-16H2,1-3H3/t17-,18+,19+,20+,21-,22+,23-,24+/m0/s1. The van der Waals surface area contributed by atoms with Crippen molar-refractivity contribution in [2.24, 2.45) is 46.3 Å². The normalized spacial score (nSPS) is 50.6. The first-order valence-corrected chi connectivity index (χ1v) is 11.6. The third kappa shape index (κ3) is 2.82. The van der Waals surface area contributed by atoms with Crippen molar-refractivity contribution in [1.29, 1.82) is 0 Å². The predicted octanol–water partition coefficient (Wildman–Crippen LogP) is 6.44. The molecule has 0 unspecified atom stereocenters. The molecule has 1 heteroatoms. The lowest BCUT2D eigenvalue weighted by atomic mass is 9.44. The maximum atomic E-state index is 9.25. The molecule has 0 amide bonds. The van der Waals surface area contributed by atoms with Crippen molar-refractivity contribution in [3.63, 3.8) is 0 Å². The fraction of sp³-hybridized carbons (Fsp3) is 1.00. The van der Waals surface area contributed by atoms with Crippen LogP contribution in [0, 0.1) is 46.3 Å². The molecule has 0 saturated heterocycles. The van der Waals surface area contributed by atoms with Crippen LogP contribution in [0.25, 0.3) is 0 Å². The predicted molar refractivity (Wildman–Crippen MR) is 105 cm³/mol. The summed E-state index contributed by atoms with van der Waals surface area (Å²) in [5, 5.41) is 9.25. The summed E-state index contributed by atoms with van der Waals surface area (Å²) in [6.45, 7) is 8.24. The van der Waals surface area contributed by atoms with E-state index < -0.39 is 0 Å². The first-order chi connectivity index (χ1) is 12.0. The summed E-state index contributed by atoms with van der Waals surface area (Å²) >= 11 is 0. The van der Waals surface area contributed by atoms with E-state index in [9.17, 15) is 5.11 Å². The first-order valence-electron chi connectivity index (χ1n) is 11.6. The molecule has 0 aromatic carbocycles. The van der Waals surface area contributed by atoms with Crippen LogP contribution in [0.2, 0.25) is 0 Å². The van der Waals surface area contributed by atoms with E-state index in [4.69, 9.17) is 0 Å².